The molecule has 3 rings (SSSR count). The minimum Gasteiger partial charge on any atom is -0.324 e. The van der Waals surface area contributed by atoms with E-state index in [4.69, 9.17) is 5.26 Å². The van der Waals surface area contributed by atoms with Gasteiger partial charge in [0.2, 0.25) is 10.0 Å². The molecule has 1 amide bonds. The number of nitrogens with one attached hydrogen (secondary N) is 2. The summed E-state index contributed by atoms with van der Waals surface area (Å²) in [5.41, 5.74) is -3.89. The molecule has 0 aliphatic carbocycles. The molecule has 0 aliphatic rings. The maximum absolute atomic E-state index is 13.6. The summed E-state index contributed by atoms with van der Waals surface area (Å²) in [4.78, 5) is 14.2. The summed E-state index contributed by atoms with van der Waals surface area (Å²) >= 11 is 1.05. The molecule has 0 aromatic heterocycles. The molecule has 0 aliphatic heterocycles. The molecule has 0 saturated heterocycles. The van der Waals surface area contributed by atoms with Crippen LogP contribution in [0.2, 0.25) is 0 Å². The molecule has 1 unspecified atom stereocenters. The Morgan fingerprint density at radius 2 is 1.67 bits per heavy atom. The number of carbonyl (C=O) groups excluding carboxylic acids is 1. The molecule has 12 heteroatoms. The van der Waals surface area contributed by atoms with Crippen molar-refractivity contribution in [2.75, 3.05) is 17.3 Å². The Labute approximate surface area is 209 Å². The summed E-state index contributed by atoms with van der Waals surface area (Å²) in [5, 5.41) is 11.4. The minimum absolute atomic E-state index is 0.218. The first-order valence-corrected chi connectivity index (χ1v) is 13.1. The third kappa shape index (κ3) is 6.63. The number of anilines is 1. The zero-order chi connectivity index (χ0) is 26.6. The lowest BCUT2D eigenvalue weighted by atomic mass is 9.91. The van der Waals surface area contributed by atoms with Gasteiger partial charge in [0.05, 0.1) is 23.5 Å². The lowest BCUT2D eigenvalue weighted by molar-refractivity contribution is -0.137. The van der Waals surface area contributed by atoms with E-state index in [-0.39, 0.29) is 17.0 Å². The Morgan fingerprint density at radius 1 is 1.03 bits per heavy atom. The lowest BCUT2D eigenvalue weighted by Crippen LogP contribution is -2.55. The average Bonchev–Trinajstić information content (AvgIpc) is 2.82. The highest BCUT2D eigenvalue weighted by atomic mass is 32.2. The van der Waals surface area contributed by atoms with Crippen LogP contribution in [-0.2, 0) is 26.5 Å². The summed E-state index contributed by atoms with van der Waals surface area (Å²) in [6.07, 6.45) is -4.00. The second-order valence-corrected chi connectivity index (χ2v) is 10.5. The molecule has 1 atom stereocenters. The molecule has 36 heavy (non-hydrogen) atoms. The molecule has 0 bridgehead atoms. The molecular formula is C24H19F4N3O3S2. The normalized spacial score (nSPS) is 13.4. The maximum Gasteiger partial charge on any atom is 0.417 e. The monoisotopic (exact) mass is 537 g/mol. The number of amides is 1. The molecule has 3 aromatic rings. The standard InChI is InChI=1S/C24H19F4N3O3S2/c1-36(33,34)31-23(17-5-3-2-4-6-17,15-35-20-11-8-18(25)9-12-20)22(32)30-19-10-7-16(14-29)21(13-19)24(26,27)28/h2-13,31H,15H2,1H3,(H,30,32). The van der Waals surface area contributed by atoms with Crippen molar-refractivity contribution < 1.29 is 30.8 Å². The fraction of sp³-hybridized carbons (Fsp3) is 0.167. The number of hydrogen-bond donors (Lipinski definition) is 2. The number of carbonyl (C=O) groups is 1. The highest BCUT2D eigenvalue weighted by Crippen LogP contribution is 2.35. The SMILES string of the molecule is CS(=O)(=O)NC(CSc1ccc(F)cc1)(C(=O)Nc1ccc(C#N)c(C(F)(F)F)c1)c1ccccc1. The van der Waals surface area contributed by atoms with Crippen LogP contribution in [-0.4, -0.2) is 26.3 Å². The number of nitrogens with zero attached hydrogens (tertiary/aromatic N) is 1. The van der Waals surface area contributed by atoms with Crippen LogP contribution in [0.1, 0.15) is 16.7 Å². The van der Waals surface area contributed by atoms with Crippen molar-refractivity contribution in [3.8, 4) is 6.07 Å². The Hall–Kier alpha value is -3.40. The fourth-order valence-corrected chi connectivity index (χ4v) is 5.46. The number of sulfonamides is 1. The van der Waals surface area contributed by atoms with Gasteiger partial charge in [0.1, 0.15) is 11.4 Å². The highest BCUT2D eigenvalue weighted by Gasteiger charge is 2.43. The third-order valence-electron chi connectivity index (χ3n) is 4.99. The van der Waals surface area contributed by atoms with E-state index in [1.165, 1.54) is 42.5 Å². The second-order valence-electron chi connectivity index (χ2n) is 7.71. The molecule has 2 N–H and O–H groups in total. The Kier molecular flexibility index (Phi) is 8.08. The van der Waals surface area contributed by atoms with Gasteiger partial charge in [-0.25, -0.2) is 12.8 Å². The van der Waals surface area contributed by atoms with E-state index >= 15 is 0 Å². The van der Waals surface area contributed by atoms with Crippen LogP contribution in [0.5, 0.6) is 0 Å². The first-order valence-electron chi connectivity index (χ1n) is 10.2. The van der Waals surface area contributed by atoms with Crippen molar-refractivity contribution in [1.29, 1.82) is 5.26 Å². The van der Waals surface area contributed by atoms with Gasteiger partial charge >= 0.3 is 6.18 Å². The van der Waals surface area contributed by atoms with Gasteiger partial charge in [-0.1, -0.05) is 30.3 Å². The van der Waals surface area contributed by atoms with E-state index in [0.717, 1.165) is 30.2 Å². The van der Waals surface area contributed by atoms with Gasteiger partial charge in [-0.15, -0.1) is 11.8 Å². The molecule has 0 saturated carbocycles. The van der Waals surface area contributed by atoms with Gasteiger partial charge in [-0.2, -0.15) is 23.2 Å². The zero-order valence-electron chi connectivity index (χ0n) is 18.6. The number of thioether (sulfide) groups is 1. The molecule has 6 nitrogen and oxygen atoms in total. The van der Waals surface area contributed by atoms with Crippen LogP contribution in [0.4, 0.5) is 23.2 Å². The molecule has 0 spiro atoms. The highest BCUT2D eigenvalue weighted by molar-refractivity contribution is 7.99. The largest absolute Gasteiger partial charge is 0.417 e. The quantitative estimate of drug-likeness (QED) is 0.315. The van der Waals surface area contributed by atoms with Crippen molar-refractivity contribution >= 4 is 33.4 Å². The summed E-state index contributed by atoms with van der Waals surface area (Å²) in [5.74, 6) is -1.65. The van der Waals surface area contributed by atoms with Crippen LogP contribution in [0.25, 0.3) is 0 Å². The van der Waals surface area contributed by atoms with Crippen molar-refractivity contribution in [3.63, 3.8) is 0 Å². The average molecular weight is 538 g/mol. The number of nitriles is 1. The van der Waals surface area contributed by atoms with Gasteiger partial charge in [0, 0.05) is 16.3 Å². The smallest absolute Gasteiger partial charge is 0.324 e. The predicted molar refractivity (Wildman–Crippen MR) is 128 cm³/mol. The van der Waals surface area contributed by atoms with Crippen molar-refractivity contribution in [1.82, 2.24) is 4.72 Å². The third-order valence-corrected chi connectivity index (χ3v) is 6.89. The second kappa shape index (κ2) is 10.7. The lowest BCUT2D eigenvalue weighted by Gasteiger charge is -2.33. The van der Waals surface area contributed by atoms with Crippen LogP contribution < -0.4 is 10.0 Å². The summed E-state index contributed by atoms with van der Waals surface area (Å²) in [7, 11) is -4.03. The Bertz CT molecular complexity index is 1390. The van der Waals surface area contributed by atoms with Crippen molar-refractivity contribution in [3.05, 3.63) is 95.3 Å². The van der Waals surface area contributed by atoms with Gasteiger partial charge in [-0.3, -0.25) is 4.79 Å². The van der Waals surface area contributed by atoms with Crippen LogP contribution in [0.15, 0.2) is 77.7 Å². The number of benzene rings is 3. The van der Waals surface area contributed by atoms with Gasteiger partial charge in [0.25, 0.3) is 5.91 Å². The van der Waals surface area contributed by atoms with E-state index in [0.29, 0.717) is 11.0 Å². The van der Waals surface area contributed by atoms with E-state index < -0.39 is 44.6 Å². The first-order chi connectivity index (χ1) is 16.8. The molecule has 0 radical (unpaired) electrons. The molecular weight excluding hydrogens is 518 g/mol. The maximum atomic E-state index is 13.6. The fourth-order valence-electron chi connectivity index (χ4n) is 3.37. The van der Waals surface area contributed by atoms with Gasteiger partial charge in [0.15, 0.2) is 0 Å². The van der Waals surface area contributed by atoms with E-state index in [2.05, 4.69) is 10.0 Å². The van der Waals surface area contributed by atoms with Crippen LogP contribution in [0, 0.1) is 17.1 Å². The van der Waals surface area contributed by atoms with Crippen molar-refractivity contribution in [2.24, 2.45) is 0 Å². The summed E-state index contributed by atoms with van der Waals surface area (Å²) < 4.78 is 80.7. The zero-order valence-corrected chi connectivity index (χ0v) is 20.3. The molecule has 0 heterocycles. The molecule has 0 fully saturated rings. The first kappa shape index (κ1) is 27.2. The molecule has 188 valence electrons. The number of rotatable bonds is 8. The van der Waals surface area contributed by atoms with Crippen LogP contribution in [0.3, 0.4) is 0 Å². The van der Waals surface area contributed by atoms with E-state index in [1.54, 1.807) is 18.2 Å². The Balaban J connectivity index is 2.08. The topological polar surface area (TPSA) is 99.1 Å². The summed E-state index contributed by atoms with van der Waals surface area (Å²) in [6, 6.07) is 17.2. The summed E-state index contributed by atoms with van der Waals surface area (Å²) in [6.45, 7) is 0. The number of alkyl halides is 3. The van der Waals surface area contributed by atoms with Crippen LogP contribution >= 0.6 is 11.8 Å². The Morgan fingerprint density at radius 3 is 2.22 bits per heavy atom. The number of hydrogen-bond acceptors (Lipinski definition) is 5. The van der Waals surface area contributed by atoms with E-state index in [9.17, 15) is 30.8 Å². The number of halogens is 4. The van der Waals surface area contributed by atoms with Gasteiger partial charge < -0.3 is 5.32 Å². The predicted octanol–water partition coefficient (Wildman–Crippen LogP) is 4.89. The van der Waals surface area contributed by atoms with Crippen molar-refractivity contribution in [2.45, 2.75) is 16.6 Å². The van der Waals surface area contributed by atoms with Gasteiger partial charge in [-0.05, 0) is 48.0 Å². The molecule has 3 aromatic carbocycles. The minimum atomic E-state index is -4.86. The van der Waals surface area contributed by atoms with E-state index in [1.807, 2.05) is 0 Å².